The summed E-state index contributed by atoms with van der Waals surface area (Å²) in [4.78, 5) is 36.2. The lowest BCUT2D eigenvalue weighted by Gasteiger charge is -2.28. The van der Waals surface area contributed by atoms with E-state index in [0.717, 1.165) is 0 Å². The molecule has 1 aliphatic heterocycles. The minimum atomic E-state index is -4.29. The number of rotatable bonds is 4. The molecule has 1 aliphatic rings. The van der Waals surface area contributed by atoms with Gasteiger partial charge in [0.1, 0.15) is 5.69 Å². The summed E-state index contributed by atoms with van der Waals surface area (Å²) in [6, 6.07) is 7.02. The van der Waals surface area contributed by atoms with E-state index in [1.165, 1.54) is 16.3 Å². The van der Waals surface area contributed by atoms with Gasteiger partial charge in [-0.25, -0.2) is 17.9 Å². The predicted octanol–water partition coefficient (Wildman–Crippen LogP) is -0.177. The van der Waals surface area contributed by atoms with E-state index in [1.807, 2.05) is 5.32 Å². The number of aromatic nitrogens is 2. The molecule has 1 saturated heterocycles. The van der Waals surface area contributed by atoms with E-state index in [2.05, 4.69) is 10.0 Å². The highest BCUT2D eigenvalue weighted by Gasteiger charge is 2.43. The van der Waals surface area contributed by atoms with Crippen molar-refractivity contribution in [1.82, 2.24) is 20.0 Å². The molecule has 1 aromatic carbocycles. The number of carbonyl (C=O) groups excluding carboxylic acids is 2. The van der Waals surface area contributed by atoms with Gasteiger partial charge in [-0.05, 0) is 26.0 Å². The third-order valence-electron chi connectivity index (χ3n) is 4.44. The van der Waals surface area contributed by atoms with Crippen molar-refractivity contribution in [2.45, 2.75) is 25.1 Å². The Kier molecular flexibility index (Phi) is 4.56. The van der Waals surface area contributed by atoms with Crippen molar-refractivity contribution in [3.8, 4) is 5.69 Å². The lowest BCUT2D eigenvalue weighted by molar-refractivity contribution is -0.120. The van der Waals surface area contributed by atoms with Gasteiger partial charge in [-0.2, -0.15) is 0 Å². The normalized spacial score (nSPS) is 20.1. The molecule has 0 saturated carbocycles. The van der Waals surface area contributed by atoms with Crippen LogP contribution in [0.2, 0.25) is 0 Å². The van der Waals surface area contributed by atoms with Crippen molar-refractivity contribution in [2.24, 2.45) is 7.05 Å². The first kappa shape index (κ1) is 18.7. The van der Waals surface area contributed by atoms with Crippen LogP contribution in [0.3, 0.4) is 0 Å². The molecule has 1 aromatic heterocycles. The molecule has 144 valence electrons. The zero-order chi connectivity index (χ0) is 19.9. The Morgan fingerprint density at radius 1 is 1.11 bits per heavy atom. The van der Waals surface area contributed by atoms with E-state index >= 15 is 0 Å². The highest BCUT2D eigenvalue weighted by atomic mass is 32.2. The topological polar surface area (TPSA) is 131 Å². The Labute approximate surface area is 155 Å². The number of carbonyl (C=O) groups is 2. The second-order valence-corrected chi connectivity index (χ2v) is 8.06. The van der Waals surface area contributed by atoms with Crippen LogP contribution in [-0.2, 0) is 21.9 Å². The van der Waals surface area contributed by atoms with Crippen molar-refractivity contribution in [3.05, 3.63) is 46.4 Å². The summed E-state index contributed by atoms with van der Waals surface area (Å²) in [7, 11) is -2.67. The Morgan fingerprint density at radius 3 is 2.33 bits per heavy atom. The third kappa shape index (κ3) is 3.21. The van der Waals surface area contributed by atoms with Crippen molar-refractivity contribution in [3.63, 3.8) is 0 Å². The van der Waals surface area contributed by atoms with E-state index in [9.17, 15) is 22.8 Å². The second kappa shape index (κ2) is 6.58. The molecule has 0 aliphatic carbocycles. The molecule has 27 heavy (non-hydrogen) atoms. The van der Waals surface area contributed by atoms with E-state index in [1.54, 1.807) is 44.3 Å². The summed E-state index contributed by atoms with van der Waals surface area (Å²) in [6.07, 6.45) is 0. The average molecular weight is 393 g/mol. The van der Waals surface area contributed by atoms with Gasteiger partial charge in [0.05, 0.1) is 17.4 Å². The maximum atomic E-state index is 12.8. The second-order valence-electron chi connectivity index (χ2n) is 6.26. The first-order valence-corrected chi connectivity index (χ1v) is 9.65. The van der Waals surface area contributed by atoms with Gasteiger partial charge in [-0.3, -0.25) is 24.3 Å². The molecule has 0 bridgehead atoms. The largest absolute Gasteiger partial charge is 0.333 e. The van der Waals surface area contributed by atoms with Gasteiger partial charge < -0.3 is 5.32 Å². The zero-order valence-corrected chi connectivity index (χ0v) is 15.7. The first-order chi connectivity index (χ1) is 12.6. The number of hydrogen-bond donors (Lipinski definition) is 3. The Morgan fingerprint density at radius 2 is 1.74 bits per heavy atom. The lowest BCUT2D eigenvalue weighted by Crippen LogP contribution is -2.63. The summed E-state index contributed by atoms with van der Waals surface area (Å²) in [5, 5.41) is 2.70. The van der Waals surface area contributed by atoms with Crippen LogP contribution in [-0.4, -0.2) is 41.0 Å². The maximum Gasteiger partial charge on any atom is 0.321 e. The Bertz CT molecular complexity index is 1070. The monoisotopic (exact) mass is 393 g/mol. The number of urea groups is 1. The summed E-state index contributed by atoms with van der Waals surface area (Å²) in [5.41, 5.74) is 0.214. The van der Waals surface area contributed by atoms with Crippen molar-refractivity contribution >= 4 is 27.6 Å². The Balaban J connectivity index is 2.02. The number of hydrogen-bond acceptors (Lipinski definition) is 5. The first-order valence-electron chi connectivity index (χ1n) is 8.10. The lowest BCUT2D eigenvalue weighted by atomic mass is 10.2. The molecule has 3 rings (SSSR count). The maximum absolute atomic E-state index is 12.8. The van der Waals surface area contributed by atoms with Crippen molar-refractivity contribution < 1.29 is 18.0 Å². The number of para-hydroxylation sites is 1. The van der Waals surface area contributed by atoms with Crippen LogP contribution in [0, 0.1) is 6.92 Å². The van der Waals surface area contributed by atoms with Crippen LogP contribution < -0.4 is 20.9 Å². The molecule has 3 amide bonds. The molecule has 2 unspecified atom stereocenters. The molecule has 0 spiro atoms. The van der Waals surface area contributed by atoms with Gasteiger partial charge in [-0.15, -0.1) is 0 Å². The average Bonchev–Trinajstić information content (AvgIpc) is 2.77. The smallest absolute Gasteiger partial charge is 0.321 e. The van der Waals surface area contributed by atoms with Crippen molar-refractivity contribution in [1.29, 1.82) is 0 Å². The fourth-order valence-corrected chi connectivity index (χ4v) is 4.62. The van der Waals surface area contributed by atoms with Crippen LogP contribution in [0.4, 0.5) is 10.5 Å². The number of anilines is 1. The fourth-order valence-electron chi connectivity index (χ4n) is 3.03. The highest BCUT2D eigenvalue weighted by Crippen LogP contribution is 2.18. The number of nitrogens with one attached hydrogen (secondary N) is 3. The SMILES string of the molecule is Cc1c(NS(=O)(=O)C2C(=O)NC(=O)NC2C)c(=O)n(-c2ccccc2)n1C. The summed E-state index contributed by atoms with van der Waals surface area (Å²) >= 11 is 0. The van der Waals surface area contributed by atoms with Gasteiger partial charge in [-0.1, -0.05) is 18.2 Å². The minimum absolute atomic E-state index is 0.154. The number of nitrogens with zero attached hydrogens (tertiary/aromatic N) is 2. The molecular weight excluding hydrogens is 374 g/mol. The molecule has 2 heterocycles. The Hall–Kier alpha value is -3.08. The van der Waals surface area contributed by atoms with Crippen molar-refractivity contribution in [2.75, 3.05) is 4.72 Å². The fraction of sp³-hybridized carbons (Fsp3) is 0.312. The molecule has 3 N–H and O–H groups in total. The van der Waals surface area contributed by atoms with Gasteiger partial charge in [0.2, 0.25) is 15.9 Å². The number of sulfonamides is 1. The molecule has 2 atom stereocenters. The van der Waals surface area contributed by atoms with E-state index in [-0.39, 0.29) is 5.69 Å². The standard InChI is InChI=1S/C16H19N5O5S/c1-9-13(14(22)18-16(24)17-9)27(25,26)19-12-10(2)20(3)21(15(12)23)11-7-5-4-6-8-11/h4-9,13,19H,1-3H3,(H2,17,18,22,24). The number of benzene rings is 1. The predicted molar refractivity (Wildman–Crippen MR) is 98.2 cm³/mol. The van der Waals surface area contributed by atoms with Crippen LogP contribution >= 0.6 is 0 Å². The van der Waals surface area contributed by atoms with Gasteiger partial charge in [0, 0.05) is 7.05 Å². The molecular formula is C16H19N5O5S. The molecule has 10 nitrogen and oxygen atoms in total. The van der Waals surface area contributed by atoms with Crippen LogP contribution in [0.5, 0.6) is 0 Å². The van der Waals surface area contributed by atoms with Crippen LogP contribution in [0.25, 0.3) is 5.69 Å². The summed E-state index contributed by atoms with van der Waals surface area (Å²) in [5.74, 6) is -0.948. The third-order valence-corrected chi connectivity index (χ3v) is 6.22. The number of imide groups is 1. The van der Waals surface area contributed by atoms with Gasteiger partial charge in [0.25, 0.3) is 5.56 Å². The molecule has 11 heteroatoms. The van der Waals surface area contributed by atoms with Gasteiger partial charge >= 0.3 is 6.03 Å². The van der Waals surface area contributed by atoms with E-state index in [0.29, 0.717) is 11.4 Å². The number of amides is 3. The quantitative estimate of drug-likeness (QED) is 0.663. The highest BCUT2D eigenvalue weighted by molar-refractivity contribution is 7.94. The molecule has 0 radical (unpaired) electrons. The summed E-state index contributed by atoms with van der Waals surface area (Å²) in [6.45, 7) is 2.99. The zero-order valence-electron chi connectivity index (χ0n) is 14.9. The summed E-state index contributed by atoms with van der Waals surface area (Å²) < 4.78 is 30.6. The van der Waals surface area contributed by atoms with Gasteiger partial charge in [0.15, 0.2) is 5.25 Å². The van der Waals surface area contributed by atoms with E-state index < -0.39 is 38.8 Å². The van der Waals surface area contributed by atoms with E-state index in [4.69, 9.17) is 0 Å². The van der Waals surface area contributed by atoms with Crippen LogP contribution in [0.15, 0.2) is 35.1 Å². The van der Waals surface area contributed by atoms with Crippen LogP contribution in [0.1, 0.15) is 12.6 Å². The minimum Gasteiger partial charge on any atom is -0.333 e. The molecule has 1 fully saturated rings. The molecule has 2 aromatic rings.